The summed E-state index contributed by atoms with van der Waals surface area (Å²) in [6, 6.07) is 13.2. The molecule has 0 unspecified atom stereocenters. The highest BCUT2D eigenvalue weighted by Gasteiger charge is 2.25. The maximum Gasteiger partial charge on any atom is 0.224 e. The van der Waals surface area contributed by atoms with Crippen LogP contribution in [0.4, 0.5) is 10.2 Å². The largest absolute Gasteiger partial charge is 0.367 e. The molecule has 4 nitrogen and oxygen atoms in total. The summed E-state index contributed by atoms with van der Waals surface area (Å²) < 4.78 is 14.8. The van der Waals surface area contributed by atoms with Gasteiger partial charge in [0, 0.05) is 27.5 Å². The van der Waals surface area contributed by atoms with Crippen molar-refractivity contribution in [1.29, 1.82) is 0 Å². The van der Waals surface area contributed by atoms with Gasteiger partial charge in [-0.05, 0) is 110 Å². The van der Waals surface area contributed by atoms with Gasteiger partial charge in [-0.3, -0.25) is 4.98 Å². The maximum atomic E-state index is 13.9. The Morgan fingerprint density at radius 1 is 1.03 bits per heavy atom. The molecule has 1 aliphatic carbocycles. The normalized spacial score (nSPS) is 19.6. The molecule has 0 saturated heterocycles. The van der Waals surface area contributed by atoms with Crippen molar-refractivity contribution in [1.82, 2.24) is 15.0 Å². The third-order valence-corrected chi connectivity index (χ3v) is 7.39. The predicted molar refractivity (Wildman–Crippen MR) is 136 cm³/mol. The molecule has 2 aromatic carbocycles. The van der Waals surface area contributed by atoms with Crippen LogP contribution in [0.3, 0.4) is 0 Å². The zero-order valence-corrected chi connectivity index (χ0v) is 20.7. The number of aromatic nitrogens is 3. The SMILES string of the molecule is C[C@H](CC1CCC(c2ccnc3ccc(F)cc23)CC1)Nc1nc(Cl)nc2cc(Br)ccc12. The van der Waals surface area contributed by atoms with Crippen LogP contribution in [-0.4, -0.2) is 21.0 Å². The van der Waals surface area contributed by atoms with E-state index < -0.39 is 0 Å². The second-order valence-corrected chi connectivity index (χ2v) is 10.3. The molecule has 33 heavy (non-hydrogen) atoms. The molecule has 0 amide bonds. The van der Waals surface area contributed by atoms with E-state index >= 15 is 0 Å². The number of rotatable bonds is 5. The van der Waals surface area contributed by atoms with Gasteiger partial charge in [0.15, 0.2) is 0 Å². The van der Waals surface area contributed by atoms with Gasteiger partial charge in [0.05, 0.1) is 11.0 Å². The van der Waals surface area contributed by atoms with E-state index in [0.29, 0.717) is 11.8 Å². The first-order valence-corrected chi connectivity index (χ1v) is 12.6. The Kier molecular flexibility index (Phi) is 6.48. The zero-order valence-electron chi connectivity index (χ0n) is 18.4. The molecule has 5 rings (SSSR count). The lowest BCUT2D eigenvalue weighted by molar-refractivity contribution is 0.302. The van der Waals surface area contributed by atoms with Crippen LogP contribution < -0.4 is 5.32 Å². The predicted octanol–water partition coefficient (Wildman–Crippen LogP) is 7.90. The van der Waals surface area contributed by atoms with E-state index in [2.05, 4.69) is 49.2 Å². The Morgan fingerprint density at radius 2 is 1.85 bits per heavy atom. The van der Waals surface area contributed by atoms with Crippen molar-refractivity contribution < 1.29 is 4.39 Å². The third kappa shape index (κ3) is 4.97. The summed E-state index contributed by atoms with van der Waals surface area (Å²) in [5.74, 6) is 1.69. The quantitative estimate of drug-likeness (QED) is 0.268. The third-order valence-electron chi connectivity index (χ3n) is 6.73. The van der Waals surface area contributed by atoms with Gasteiger partial charge in [0.2, 0.25) is 5.28 Å². The minimum atomic E-state index is -0.199. The molecular weight excluding hydrogens is 503 g/mol. The second-order valence-electron chi connectivity index (χ2n) is 9.06. The smallest absolute Gasteiger partial charge is 0.224 e. The van der Waals surface area contributed by atoms with Crippen molar-refractivity contribution in [3.63, 3.8) is 0 Å². The monoisotopic (exact) mass is 526 g/mol. The summed E-state index contributed by atoms with van der Waals surface area (Å²) >= 11 is 9.66. The summed E-state index contributed by atoms with van der Waals surface area (Å²) in [7, 11) is 0. The first-order valence-electron chi connectivity index (χ1n) is 11.4. The number of nitrogens with one attached hydrogen (secondary N) is 1. The number of pyridine rings is 1. The Balaban J connectivity index is 1.24. The van der Waals surface area contributed by atoms with Gasteiger partial charge >= 0.3 is 0 Å². The number of hydrogen-bond donors (Lipinski definition) is 1. The molecule has 170 valence electrons. The van der Waals surface area contributed by atoms with Gasteiger partial charge in [-0.25, -0.2) is 14.4 Å². The van der Waals surface area contributed by atoms with E-state index in [1.54, 1.807) is 12.1 Å². The highest BCUT2D eigenvalue weighted by molar-refractivity contribution is 9.10. The topological polar surface area (TPSA) is 50.7 Å². The van der Waals surface area contributed by atoms with Crippen LogP contribution >= 0.6 is 27.5 Å². The van der Waals surface area contributed by atoms with Crippen LogP contribution in [0.5, 0.6) is 0 Å². The van der Waals surface area contributed by atoms with Crippen molar-refractivity contribution in [2.24, 2.45) is 5.92 Å². The average molecular weight is 528 g/mol. The fourth-order valence-electron chi connectivity index (χ4n) is 5.18. The van der Waals surface area contributed by atoms with Crippen LogP contribution in [0.2, 0.25) is 5.28 Å². The minimum Gasteiger partial charge on any atom is -0.367 e. The Morgan fingerprint density at radius 3 is 2.67 bits per heavy atom. The van der Waals surface area contributed by atoms with E-state index in [1.165, 1.54) is 11.6 Å². The molecule has 0 bridgehead atoms. The van der Waals surface area contributed by atoms with E-state index in [0.717, 1.165) is 64.2 Å². The van der Waals surface area contributed by atoms with Crippen molar-refractivity contribution in [2.45, 2.75) is 51.0 Å². The average Bonchev–Trinajstić information content (AvgIpc) is 2.78. The van der Waals surface area contributed by atoms with Crippen LogP contribution in [-0.2, 0) is 0 Å². The van der Waals surface area contributed by atoms with Crippen molar-refractivity contribution >= 4 is 55.2 Å². The fourth-order valence-corrected chi connectivity index (χ4v) is 5.71. The Hall–Kier alpha value is -2.31. The highest BCUT2D eigenvalue weighted by atomic mass is 79.9. The van der Waals surface area contributed by atoms with Crippen LogP contribution in [0.15, 0.2) is 53.1 Å². The van der Waals surface area contributed by atoms with Crippen LogP contribution in [0, 0.1) is 11.7 Å². The molecule has 0 spiro atoms. The van der Waals surface area contributed by atoms with E-state index in [9.17, 15) is 4.39 Å². The minimum absolute atomic E-state index is 0.199. The molecule has 2 heterocycles. The zero-order chi connectivity index (χ0) is 22.9. The number of anilines is 1. The standard InChI is InChI=1S/C26H25BrClFN4/c1-15(31-25-21-8-6-18(27)13-24(21)32-26(28)33-25)12-16-2-4-17(5-3-16)20-10-11-30-23-9-7-19(29)14-22(20)23/h6-11,13-17H,2-5,12H2,1H3,(H,31,32,33)/t15-,16?,17?/m1/s1. The molecule has 1 atom stereocenters. The van der Waals surface area contributed by atoms with Gasteiger partial charge in [-0.2, -0.15) is 0 Å². The maximum absolute atomic E-state index is 13.9. The molecule has 1 N–H and O–H groups in total. The number of benzene rings is 2. The van der Waals surface area contributed by atoms with E-state index in [-0.39, 0.29) is 17.1 Å². The van der Waals surface area contributed by atoms with Crippen molar-refractivity contribution in [3.05, 3.63) is 69.8 Å². The van der Waals surface area contributed by atoms with E-state index in [1.807, 2.05) is 24.4 Å². The lowest BCUT2D eigenvalue weighted by Gasteiger charge is -2.31. The summed E-state index contributed by atoms with van der Waals surface area (Å²) in [5, 5.41) is 5.73. The van der Waals surface area contributed by atoms with Crippen molar-refractivity contribution in [2.75, 3.05) is 5.32 Å². The molecule has 1 aliphatic rings. The molecule has 7 heteroatoms. The second kappa shape index (κ2) is 9.51. The first kappa shape index (κ1) is 22.5. The summed E-state index contributed by atoms with van der Waals surface area (Å²) in [6.07, 6.45) is 7.47. The van der Waals surface area contributed by atoms with E-state index in [4.69, 9.17) is 11.6 Å². The van der Waals surface area contributed by atoms with Gasteiger partial charge in [-0.1, -0.05) is 15.9 Å². The summed E-state index contributed by atoms with van der Waals surface area (Å²) in [5.41, 5.74) is 2.93. The molecule has 1 saturated carbocycles. The lowest BCUT2D eigenvalue weighted by Crippen LogP contribution is -2.23. The molecule has 0 aliphatic heterocycles. The molecule has 0 radical (unpaired) electrons. The summed E-state index contributed by atoms with van der Waals surface area (Å²) in [6.45, 7) is 2.20. The number of hydrogen-bond acceptors (Lipinski definition) is 4. The Bertz CT molecular complexity index is 1300. The van der Waals surface area contributed by atoms with Gasteiger partial charge in [-0.15, -0.1) is 0 Å². The molecule has 2 aromatic heterocycles. The van der Waals surface area contributed by atoms with Crippen LogP contribution in [0.1, 0.15) is 50.5 Å². The highest BCUT2D eigenvalue weighted by Crippen LogP contribution is 2.40. The molecular formula is C26H25BrClFN4. The molecule has 4 aromatic rings. The fraction of sp³-hybridized carbons (Fsp3) is 0.346. The number of nitrogens with zero attached hydrogens (tertiary/aromatic N) is 3. The summed E-state index contributed by atoms with van der Waals surface area (Å²) in [4.78, 5) is 13.2. The molecule has 1 fully saturated rings. The number of halogens is 3. The van der Waals surface area contributed by atoms with Crippen LogP contribution in [0.25, 0.3) is 21.8 Å². The van der Waals surface area contributed by atoms with Crippen molar-refractivity contribution in [3.8, 4) is 0 Å². The first-order chi connectivity index (χ1) is 16.0. The lowest BCUT2D eigenvalue weighted by atomic mass is 9.76. The van der Waals surface area contributed by atoms with Gasteiger partial charge < -0.3 is 5.32 Å². The Labute approximate surface area is 206 Å². The van der Waals surface area contributed by atoms with Gasteiger partial charge in [0.1, 0.15) is 11.6 Å². The van der Waals surface area contributed by atoms with Gasteiger partial charge in [0.25, 0.3) is 0 Å². The number of fused-ring (bicyclic) bond motifs is 2.